The number of piperidine rings is 1. The minimum atomic E-state index is -4.33. The molecular weight excluding hydrogens is 521 g/mol. The average molecular weight is 557 g/mol. The predicted octanol–water partition coefficient (Wildman–Crippen LogP) is 7.99. The molecule has 0 bridgehead atoms. The Balaban J connectivity index is 1.09. The average Bonchev–Trinajstić information content (AvgIpc) is 3.12. The monoisotopic (exact) mass is 556 g/mol. The summed E-state index contributed by atoms with van der Waals surface area (Å²) in [4.78, 5) is 4.60. The van der Waals surface area contributed by atoms with E-state index in [0.717, 1.165) is 56.2 Å². The molecule has 2 aliphatic rings. The number of benzene rings is 3. The van der Waals surface area contributed by atoms with E-state index in [4.69, 9.17) is 16.3 Å². The fraction of sp³-hybridized carbons (Fsp3) is 0.438. The molecule has 0 unspecified atom stereocenters. The summed E-state index contributed by atoms with van der Waals surface area (Å²) in [7, 11) is 0. The van der Waals surface area contributed by atoms with Crippen LogP contribution in [0.4, 0.5) is 13.2 Å². The van der Waals surface area contributed by atoms with E-state index in [0.29, 0.717) is 31.2 Å². The largest absolute Gasteiger partial charge is 0.494 e. The van der Waals surface area contributed by atoms with E-state index in [1.54, 1.807) is 12.1 Å². The van der Waals surface area contributed by atoms with Crippen LogP contribution in [-0.2, 0) is 32.2 Å². The Labute approximate surface area is 234 Å². The highest BCUT2D eigenvalue weighted by Crippen LogP contribution is 2.33. The molecule has 0 radical (unpaired) electrons. The van der Waals surface area contributed by atoms with Gasteiger partial charge in [-0.05, 0) is 104 Å². The minimum Gasteiger partial charge on any atom is -0.494 e. The highest BCUT2D eigenvalue weighted by atomic mass is 35.5. The van der Waals surface area contributed by atoms with Crippen LogP contribution in [0.3, 0.4) is 0 Å². The standard InChI is InChI=1S/C32H36ClF3N2O/c33-31-10-4-2-7-28(31)23-37-17-13-24(14-18-37)15-19-39-29-12-11-26-21-38(16-5-8-25(26)20-29)22-27-6-1-3-9-30(27)32(34,35)36/h1-4,6-7,9-12,20,24H,5,8,13-19,21-23H2. The zero-order chi connectivity index (χ0) is 27.2. The molecular formula is C32H36ClF3N2O. The Morgan fingerprint density at radius 3 is 2.31 bits per heavy atom. The Bertz CT molecular complexity index is 1240. The Morgan fingerprint density at radius 1 is 0.821 bits per heavy atom. The van der Waals surface area contributed by atoms with Gasteiger partial charge in [0, 0.05) is 24.7 Å². The van der Waals surface area contributed by atoms with Crippen molar-refractivity contribution < 1.29 is 17.9 Å². The van der Waals surface area contributed by atoms with Crippen LogP contribution in [0.5, 0.6) is 5.75 Å². The third kappa shape index (κ3) is 7.56. The molecule has 1 saturated heterocycles. The lowest BCUT2D eigenvalue weighted by molar-refractivity contribution is -0.138. The molecule has 0 atom stereocenters. The summed E-state index contributed by atoms with van der Waals surface area (Å²) >= 11 is 6.33. The number of nitrogens with zero attached hydrogens (tertiary/aromatic N) is 2. The molecule has 3 nitrogen and oxygen atoms in total. The highest BCUT2D eigenvalue weighted by molar-refractivity contribution is 6.31. The number of fused-ring (bicyclic) bond motifs is 1. The molecule has 0 amide bonds. The molecule has 208 valence electrons. The Hall–Kier alpha value is -2.54. The van der Waals surface area contributed by atoms with Crippen molar-refractivity contribution in [1.29, 1.82) is 0 Å². The van der Waals surface area contributed by atoms with Gasteiger partial charge in [-0.1, -0.05) is 54.1 Å². The number of ether oxygens (including phenoxy) is 1. The van der Waals surface area contributed by atoms with Crippen LogP contribution >= 0.6 is 11.6 Å². The van der Waals surface area contributed by atoms with Crippen LogP contribution in [0.2, 0.25) is 5.02 Å². The second kappa shape index (κ2) is 12.8. The first-order chi connectivity index (χ1) is 18.8. The van der Waals surface area contributed by atoms with Crippen LogP contribution in [0.1, 0.15) is 53.5 Å². The molecule has 3 aromatic carbocycles. The van der Waals surface area contributed by atoms with E-state index < -0.39 is 11.7 Å². The van der Waals surface area contributed by atoms with Crippen molar-refractivity contribution in [2.24, 2.45) is 5.92 Å². The van der Waals surface area contributed by atoms with E-state index in [-0.39, 0.29) is 0 Å². The summed E-state index contributed by atoms with van der Waals surface area (Å²) in [6, 6.07) is 20.2. The minimum absolute atomic E-state index is 0.296. The summed E-state index contributed by atoms with van der Waals surface area (Å²) in [5.41, 5.74) is 3.41. The van der Waals surface area contributed by atoms with Gasteiger partial charge in [0.05, 0.1) is 12.2 Å². The smallest absolute Gasteiger partial charge is 0.416 e. The molecule has 0 N–H and O–H groups in total. The van der Waals surface area contributed by atoms with Crippen LogP contribution in [0, 0.1) is 5.92 Å². The first kappa shape index (κ1) is 28.0. The summed E-state index contributed by atoms with van der Waals surface area (Å²) in [6.07, 6.45) is 0.880. The fourth-order valence-electron chi connectivity index (χ4n) is 5.85. The zero-order valence-corrected chi connectivity index (χ0v) is 23.0. The fourth-order valence-corrected chi connectivity index (χ4v) is 6.04. The van der Waals surface area contributed by atoms with Crippen molar-refractivity contribution in [3.05, 3.63) is 99.6 Å². The third-order valence-corrected chi connectivity index (χ3v) is 8.43. The molecule has 5 rings (SSSR count). The van der Waals surface area contributed by atoms with Crippen molar-refractivity contribution in [1.82, 2.24) is 9.80 Å². The second-order valence-corrected chi connectivity index (χ2v) is 11.3. The summed E-state index contributed by atoms with van der Waals surface area (Å²) in [5.74, 6) is 1.56. The number of halogens is 4. The van der Waals surface area contributed by atoms with E-state index in [1.165, 1.54) is 41.7 Å². The van der Waals surface area contributed by atoms with Crippen molar-refractivity contribution in [2.75, 3.05) is 26.2 Å². The van der Waals surface area contributed by atoms with Crippen molar-refractivity contribution in [3.63, 3.8) is 0 Å². The Kier molecular flexibility index (Phi) is 9.16. The maximum Gasteiger partial charge on any atom is 0.416 e. The normalized spacial score (nSPS) is 17.5. The van der Waals surface area contributed by atoms with Gasteiger partial charge >= 0.3 is 6.18 Å². The van der Waals surface area contributed by atoms with E-state index in [1.807, 2.05) is 24.3 Å². The highest BCUT2D eigenvalue weighted by Gasteiger charge is 2.33. The molecule has 0 saturated carbocycles. The Morgan fingerprint density at radius 2 is 1.54 bits per heavy atom. The number of aryl methyl sites for hydroxylation is 1. The number of rotatable bonds is 8. The second-order valence-electron chi connectivity index (χ2n) is 10.8. The first-order valence-electron chi connectivity index (χ1n) is 13.9. The summed E-state index contributed by atoms with van der Waals surface area (Å²) in [5, 5.41) is 0.841. The van der Waals surface area contributed by atoms with Gasteiger partial charge in [-0.2, -0.15) is 13.2 Å². The maximum atomic E-state index is 13.5. The lowest BCUT2D eigenvalue weighted by atomic mass is 9.93. The third-order valence-electron chi connectivity index (χ3n) is 8.06. The van der Waals surface area contributed by atoms with Gasteiger partial charge in [-0.3, -0.25) is 9.80 Å². The number of likely N-dealkylation sites (tertiary alicyclic amines) is 1. The predicted molar refractivity (Wildman–Crippen MR) is 150 cm³/mol. The molecule has 7 heteroatoms. The molecule has 2 heterocycles. The van der Waals surface area contributed by atoms with Crippen LogP contribution < -0.4 is 4.74 Å². The van der Waals surface area contributed by atoms with Gasteiger partial charge in [0.25, 0.3) is 0 Å². The van der Waals surface area contributed by atoms with E-state index in [2.05, 4.69) is 28.0 Å². The molecule has 2 aliphatic heterocycles. The van der Waals surface area contributed by atoms with Crippen molar-refractivity contribution >= 4 is 11.6 Å². The first-order valence-corrected chi connectivity index (χ1v) is 14.3. The van der Waals surface area contributed by atoms with Crippen molar-refractivity contribution in [2.45, 2.75) is 57.9 Å². The number of hydrogen-bond donors (Lipinski definition) is 0. The van der Waals surface area contributed by atoms with Gasteiger partial charge in [-0.15, -0.1) is 0 Å². The van der Waals surface area contributed by atoms with Gasteiger partial charge in [-0.25, -0.2) is 0 Å². The van der Waals surface area contributed by atoms with Crippen LogP contribution in [-0.4, -0.2) is 36.0 Å². The zero-order valence-electron chi connectivity index (χ0n) is 22.2. The lowest BCUT2D eigenvalue weighted by Gasteiger charge is -2.32. The van der Waals surface area contributed by atoms with Crippen LogP contribution in [0.15, 0.2) is 66.7 Å². The van der Waals surface area contributed by atoms with Gasteiger partial charge in [0.1, 0.15) is 5.75 Å². The molecule has 0 aromatic heterocycles. The molecule has 0 spiro atoms. The molecule has 0 aliphatic carbocycles. The summed E-state index contributed by atoms with van der Waals surface area (Å²) < 4.78 is 46.5. The lowest BCUT2D eigenvalue weighted by Crippen LogP contribution is -2.33. The van der Waals surface area contributed by atoms with Gasteiger partial charge < -0.3 is 4.74 Å². The quantitative estimate of drug-likeness (QED) is 0.280. The van der Waals surface area contributed by atoms with E-state index >= 15 is 0 Å². The van der Waals surface area contributed by atoms with Crippen molar-refractivity contribution in [3.8, 4) is 5.75 Å². The van der Waals surface area contributed by atoms with Gasteiger partial charge in [0.15, 0.2) is 0 Å². The topological polar surface area (TPSA) is 15.7 Å². The molecule has 1 fully saturated rings. The number of hydrogen-bond acceptors (Lipinski definition) is 3. The van der Waals surface area contributed by atoms with E-state index in [9.17, 15) is 13.2 Å². The summed E-state index contributed by atoms with van der Waals surface area (Å²) in [6.45, 7) is 5.49. The van der Waals surface area contributed by atoms with Gasteiger partial charge in [0.2, 0.25) is 0 Å². The molecule has 3 aromatic rings. The maximum absolute atomic E-state index is 13.5. The number of alkyl halides is 3. The SMILES string of the molecule is FC(F)(F)c1ccccc1CN1CCCc2cc(OCCC3CCN(Cc4ccccc4Cl)CC3)ccc2C1. The molecule has 39 heavy (non-hydrogen) atoms. The van der Waals surface area contributed by atoms with Crippen LogP contribution in [0.25, 0.3) is 0 Å².